The maximum Gasteiger partial charge on any atom is 0.313 e. The standard InChI is InChI=1S/C25H25N3O4/c1-17(29)27-21-12-14-22(15-13-21)28-24(31)23(30)26-16-25(2,32)20-10-8-19(9-11-20)18-6-4-3-5-7-18/h3-15,32H,16H2,1-2H3,(H,26,30)(H,27,29)(H,28,31). The van der Waals surface area contributed by atoms with Gasteiger partial charge in [-0.2, -0.15) is 0 Å². The largest absolute Gasteiger partial charge is 0.384 e. The zero-order valence-electron chi connectivity index (χ0n) is 17.9. The van der Waals surface area contributed by atoms with Crippen LogP contribution in [0.25, 0.3) is 11.1 Å². The Kier molecular flexibility index (Phi) is 7.02. The summed E-state index contributed by atoms with van der Waals surface area (Å²) < 4.78 is 0. The monoisotopic (exact) mass is 431 g/mol. The van der Waals surface area contributed by atoms with Gasteiger partial charge in [-0.25, -0.2) is 0 Å². The first-order valence-corrected chi connectivity index (χ1v) is 10.1. The molecule has 0 bridgehead atoms. The van der Waals surface area contributed by atoms with Crippen LogP contribution in [0.15, 0.2) is 78.9 Å². The maximum absolute atomic E-state index is 12.2. The summed E-state index contributed by atoms with van der Waals surface area (Å²) in [7, 11) is 0. The van der Waals surface area contributed by atoms with Gasteiger partial charge in [-0.3, -0.25) is 14.4 Å². The number of nitrogens with one attached hydrogen (secondary N) is 3. The molecule has 164 valence electrons. The number of carbonyl (C=O) groups excluding carboxylic acids is 3. The van der Waals surface area contributed by atoms with Crippen molar-refractivity contribution in [3.63, 3.8) is 0 Å². The molecule has 0 spiro atoms. The van der Waals surface area contributed by atoms with E-state index < -0.39 is 17.4 Å². The molecule has 4 N–H and O–H groups in total. The minimum Gasteiger partial charge on any atom is -0.384 e. The summed E-state index contributed by atoms with van der Waals surface area (Å²) in [4.78, 5) is 35.4. The van der Waals surface area contributed by atoms with Crippen LogP contribution in [0.3, 0.4) is 0 Å². The third kappa shape index (κ3) is 6.02. The van der Waals surface area contributed by atoms with Crippen LogP contribution in [-0.2, 0) is 20.0 Å². The van der Waals surface area contributed by atoms with Crippen LogP contribution in [0.2, 0.25) is 0 Å². The van der Waals surface area contributed by atoms with Gasteiger partial charge >= 0.3 is 11.8 Å². The molecular weight excluding hydrogens is 406 g/mol. The summed E-state index contributed by atoms with van der Waals surface area (Å²) >= 11 is 0. The Morgan fingerprint density at radius 2 is 1.28 bits per heavy atom. The van der Waals surface area contributed by atoms with Crippen molar-refractivity contribution in [2.45, 2.75) is 19.4 Å². The van der Waals surface area contributed by atoms with Crippen LogP contribution >= 0.6 is 0 Å². The third-order valence-corrected chi connectivity index (χ3v) is 4.88. The molecule has 32 heavy (non-hydrogen) atoms. The summed E-state index contributed by atoms with van der Waals surface area (Å²) in [5, 5.41) is 18.3. The van der Waals surface area contributed by atoms with Gasteiger partial charge in [-0.15, -0.1) is 0 Å². The van der Waals surface area contributed by atoms with Gasteiger partial charge < -0.3 is 21.1 Å². The van der Waals surface area contributed by atoms with Gasteiger partial charge in [0.2, 0.25) is 5.91 Å². The van der Waals surface area contributed by atoms with E-state index in [1.807, 2.05) is 42.5 Å². The number of rotatable bonds is 6. The Morgan fingerprint density at radius 3 is 1.84 bits per heavy atom. The van der Waals surface area contributed by atoms with E-state index in [0.29, 0.717) is 16.9 Å². The first-order valence-electron chi connectivity index (χ1n) is 10.1. The smallest absolute Gasteiger partial charge is 0.313 e. The molecule has 3 aromatic carbocycles. The fourth-order valence-corrected chi connectivity index (χ4v) is 3.12. The number of benzene rings is 3. The average molecular weight is 431 g/mol. The fraction of sp³-hybridized carbons (Fsp3) is 0.160. The normalized spacial score (nSPS) is 12.3. The molecule has 0 fully saturated rings. The van der Waals surface area contributed by atoms with Crippen molar-refractivity contribution in [1.29, 1.82) is 0 Å². The van der Waals surface area contributed by atoms with Gasteiger partial charge in [-0.1, -0.05) is 54.6 Å². The molecule has 0 radical (unpaired) electrons. The maximum atomic E-state index is 12.2. The van der Waals surface area contributed by atoms with E-state index in [1.165, 1.54) is 6.92 Å². The molecule has 3 amide bonds. The van der Waals surface area contributed by atoms with Crippen LogP contribution < -0.4 is 16.0 Å². The predicted octanol–water partition coefficient (Wildman–Crippen LogP) is 3.27. The van der Waals surface area contributed by atoms with E-state index in [0.717, 1.165) is 11.1 Å². The van der Waals surface area contributed by atoms with Gasteiger partial charge in [0, 0.05) is 18.3 Å². The Labute approximate surface area is 186 Å². The molecule has 3 aromatic rings. The summed E-state index contributed by atoms with van der Waals surface area (Å²) in [6.07, 6.45) is 0. The predicted molar refractivity (Wildman–Crippen MR) is 124 cm³/mol. The van der Waals surface area contributed by atoms with E-state index >= 15 is 0 Å². The minimum absolute atomic E-state index is 0.134. The number of aliphatic hydroxyl groups is 1. The number of anilines is 2. The average Bonchev–Trinajstić information content (AvgIpc) is 2.79. The van der Waals surface area contributed by atoms with Crippen molar-refractivity contribution >= 4 is 29.1 Å². The molecule has 0 saturated heterocycles. The zero-order chi connectivity index (χ0) is 23.1. The summed E-state index contributed by atoms with van der Waals surface area (Å²) in [5.74, 6) is -1.92. The molecule has 0 heterocycles. The quantitative estimate of drug-likeness (QED) is 0.449. The number of amides is 3. The van der Waals surface area contributed by atoms with Crippen molar-refractivity contribution in [2.75, 3.05) is 17.2 Å². The van der Waals surface area contributed by atoms with E-state index in [1.54, 1.807) is 43.3 Å². The molecular formula is C25H25N3O4. The second-order valence-corrected chi connectivity index (χ2v) is 7.61. The number of carbonyl (C=O) groups is 3. The third-order valence-electron chi connectivity index (χ3n) is 4.88. The topological polar surface area (TPSA) is 108 Å². The van der Waals surface area contributed by atoms with Crippen LogP contribution in [0, 0.1) is 0 Å². The molecule has 0 aliphatic rings. The van der Waals surface area contributed by atoms with Crippen molar-refractivity contribution in [3.8, 4) is 11.1 Å². The van der Waals surface area contributed by atoms with Crippen molar-refractivity contribution in [3.05, 3.63) is 84.4 Å². The molecule has 0 aliphatic heterocycles. The van der Waals surface area contributed by atoms with E-state index in [9.17, 15) is 19.5 Å². The van der Waals surface area contributed by atoms with E-state index in [4.69, 9.17) is 0 Å². The molecule has 1 unspecified atom stereocenters. The summed E-state index contributed by atoms with van der Waals surface area (Å²) in [6, 6.07) is 23.6. The zero-order valence-corrected chi connectivity index (χ0v) is 17.9. The molecule has 3 rings (SSSR count). The lowest BCUT2D eigenvalue weighted by molar-refractivity contribution is -0.136. The van der Waals surface area contributed by atoms with Crippen LogP contribution in [0.1, 0.15) is 19.4 Å². The highest BCUT2D eigenvalue weighted by molar-refractivity contribution is 6.39. The summed E-state index contributed by atoms with van der Waals surface area (Å²) in [6.45, 7) is 2.83. The molecule has 7 heteroatoms. The first-order chi connectivity index (χ1) is 15.2. The minimum atomic E-state index is -1.36. The van der Waals surface area contributed by atoms with Crippen LogP contribution in [-0.4, -0.2) is 29.4 Å². The van der Waals surface area contributed by atoms with Gasteiger partial charge in [0.05, 0.1) is 6.54 Å². The fourth-order valence-electron chi connectivity index (χ4n) is 3.12. The molecule has 0 aromatic heterocycles. The van der Waals surface area contributed by atoms with Gasteiger partial charge in [0.15, 0.2) is 0 Å². The molecule has 7 nitrogen and oxygen atoms in total. The Morgan fingerprint density at radius 1 is 0.750 bits per heavy atom. The van der Waals surface area contributed by atoms with E-state index in [2.05, 4.69) is 16.0 Å². The van der Waals surface area contributed by atoms with Crippen molar-refractivity contribution < 1.29 is 19.5 Å². The van der Waals surface area contributed by atoms with Gasteiger partial charge in [0.1, 0.15) is 5.60 Å². The molecule has 0 saturated carbocycles. The molecule has 1 atom stereocenters. The Balaban J connectivity index is 1.55. The van der Waals surface area contributed by atoms with Crippen molar-refractivity contribution in [1.82, 2.24) is 5.32 Å². The second kappa shape index (κ2) is 9.89. The van der Waals surface area contributed by atoms with Gasteiger partial charge in [-0.05, 0) is 47.9 Å². The van der Waals surface area contributed by atoms with Crippen molar-refractivity contribution in [2.24, 2.45) is 0 Å². The highest BCUT2D eigenvalue weighted by Crippen LogP contribution is 2.24. The van der Waals surface area contributed by atoms with Gasteiger partial charge in [0.25, 0.3) is 0 Å². The highest BCUT2D eigenvalue weighted by Gasteiger charge is 2.25. The SMILES string of the molecule is CC(=O)Nc1ccc(NC(=O)C(=O)NCC(C)(O)c2ccc(-c3ccccc3)cc2)cc1. The lowest BCUT2D eigenvalue weighted by Crippen LogP contribution is -2.43. The highest BCUT2D eigenvalue weighted by atomic mass is 16.3. The molecule has 0 aliphatic carbocycles. The lowest BCUT2D eigenvalue weighted by Gasteiger charge is -2.24. The number of hydrogen-bond donors (Lipinski definition) is 4. The Bertz CT molecular complexity index is 1090. The van der Waals surface area contributed by atoms with Crippen LogP contribution in [0.5, 0.6) is 0 Å². The summed E-state index contributed by atoms with van der Waals surface area (Å²) in [5.41, 5.74) is 2.32. The lowest BCUT2D eigenvalue weighted by atomic mass is 9.93. The number of hydrogen-bond acceptors (Lipinski definition) is 4. The van der Waals surface area contributed by atoms with E-state index in [-0.39, 0.29) is 12.5 Å². The second-order valence-electron chi connectivity index (χ2n) is 7.61. The first kappa shape index (κ1) is 22.7. The van der Waals surface area contributed by atoms with Crippen LogP contribution in [0.4, 0.5) is 11.4 Å². The Hall–Kier alpha value is -3.97.